The van der Waals surface area contributed by atoms with E-state index >= 15 is 0 Å². The van der Waals surface area contributed by atoms with Gasteiger partial charge >= 0.3 is 0 Å². The summed E-state index contributed by atoms with van der Waals surface area (Å²) in [6.07, 6.45) is 0. The number of rotatable bonds is 3. The van der Waals surface area contributed by atoms with E-state index in [4.69, 9.17) is 16.7 Å². The Balaban J connectivity index is 3.25. The molecule has 0 aliphatic rings. The van der Waals surface area contributed by atoms with Crippen LogP contribution in [-0.2, 0) is 14.9 Å². The van der Waals surface area contributed by atoms with Crippen molar-refractivity contribution in [2.24, 2.45) is 10.3 Å². The van der Waals surface area contributed by atoms with Crippen molar-refractivity contribution in [3.8, 4) is 0 Å². The van der Waals surface area contributed by atoms with Gasteiger partial charge in [0.1, 0.15) is 11.3 Å². The average Bonchev–Trinajstić information content (AvgIpc) is 2.50. The van der Waals surface area contributed by atoms with E-state index < -0.39 is 10.0 Å². The van der Waals surface area contributed by atoms with Crippen LogP contribution in [-0.4, -0.2) is 20.7 Å². The molecule has 78 valence electrons. The highest BCUT2D eigenvalue weighted by atomic mass is 35.5. The fourth-order valence-corrected chi connectivity index (χ4v) is 2.93. The summed E-state index contributed by atoms with van der Waals surface area (Å²) >= 11 is 6.65. The third kappa shape index (κ3) is 2.44. The smallest absolute Gasteiger partial charge is 0.248 e. The number of sulfonamides is 1. The average molecular weight is 255 g/mol. The standard InChI is InChI=1S/C6H7ClN2O3S2/c1-12-9-5(7)4-2-3-13-6(4)14(8,10)11/h2-3H,1H3,(H2,8,10,11)/b9-5-. The van der Waals surface area contributed by atoms with Crippen LogP contribution in [0, 0.1) is 0 Å². The van der Waals surface area contributed by atoms with Gasteiger partial charge in [0, 0.05) is 5.56 Å². The fourth-order valence-electron chi connectivity index (χ4n) is 0.798. The number of thiophene rings is 1. The molecule has 1 aromatic heterocycles. The van der Waals surface area contributed by atoms with Gasteiger partial charge in [0.2, 0.25) is 10.0 Å². The maximum atomic E-state index is 11.1. The molecule has 0 fully saturated rings. The largest absolute Gasteiger partial charge is 0.398 e. The van der Waals surface area contributed by atoms with Crippen LogP contribution >= 0.6 is 22.9 Å². The Morgan fingerprint density at radius 2 is 2.36 bits per heavy atom. The summed E-state index contributed by atoms with van der Waals surface area (Å²) in [7, 11) is -2.44. The quantitative estimate of drug-likeness (QED) is 0.644. The van der Waals surface area contributed by atoms with Crippen LogP contribution in [0.25, 0.3) is 0 Å². The minimum atomic E-state index is -3.76. The normalized spacial score (nSPS) is 12.9. The third-order valence-corrected chi connectivity index (χ3v) is 3.98. The number of halogens is 1. The molecule has 8 heteroatoms. The Bertz CT molecular complexity index is 451. The van der Waals surface area contributed by atoms with Crippen molar-refractivity contribution in [1.29, 1.82) is 0 Å². The predicted octanol–water partition coefficient (Wildman–Crippen LogP) is 0.942. The fraction of sp³-hybridized carbons (Fsp3) is 0.167. The molecule has 0 bridgehead atoms. The van der Waals surface area contributed by atoms with E-state index in [0.717, 1.165) is 11.3 Å². The molecule has 0 amide bonds. The zero-order valence-corrected chi connectivity index (χ0v) is 9.49. The lowest BCUT2D eigenvalue weighted by Crippen LogP contribution is -2.13. The lowest BCUT2D eigenvalue weighted by molar-refractivity contribution is 0.214. The van der Waals surface area contributed by atoms with Gasteiger partial charge in [0.05, 0.1) is 0 Å². The molecule has 1 aromatic rings. The van der Waals surface area contributed by atoms with Crippen molar-refractivity contribution >= 4 is 38.1 Å². The maximum absolute atomic E-state index is 11.1. The van der Waals surface area contributed by atoms with Gasteiger partial charge in [0.25, 0.3) is 0 Å². The Kier molecular flexibility index (Phi) is 3.48. The van der Waals surface area contributed by atoms with E-state index in [9.17, 15) is 8.42 Å². The Labute approximate surface area is 90.2 Å². The molecule has 0 atom stereocenters. The summed E-state index contributed by atoms with van der Waals surface area (Å²) in [5.74, 6) is 0. The molecule has 1 heterocycles. The van der Waals surface area contributed by atoms with Crippen LogP contribution in [0.1, 0.15) is 5.56 Å². The molecular weight excluding hydrogens is 248 g/mol. The topological polar surface area (TPSA) is 81.8 Å². The highest BCUT2D eigenvalue weighted by molar-refractivity contribution is 7.91. The minimum Gasteiger partial charge on any atom is -0.398 e. The van der Waals surface area contributed by atoms with Crippen LogP contribution in [0.15, 0.2) is 20.8 Å². The molecular formula is C6H7ClN2O3S2. The zero-order chi connectivity index (χ0) is 10.8. The first-order valence-corrected chi connectivity index (χ1v) is 6.14. The molecule has 0 unspecified atom stereocenters. The predicted molar refractivity (Wildman–Crippen MR) is 55.1 cm³/mol. The number of primary sulfonamides is 1. The lowest BCUT2D eigenvalue weighted by atomic mass is 10.4. The van der Waals surface area contributed by atoms with Crippen LogP contribution in [0.5, 0.6) is 0 Å². The van der Waals surface area contributed by atoms with Crippen LogP contribution in [0.4, 0.5) is 0 Å². The minimum absolute atomic E-state index is 0.0247. The number of hydrogen-bond acceptors (Lipinski definition) is 5. The number of nitrogens with zero attached hydrogens (tertiary/aromatic N) is 1. The molecule has 0 saturated carbocycles. The second-order valence-electron chi connectivity index (χ2n) is 2.23. The van der Waals surface area contributed by atoms with E-state index in [1.54, 1.807) is 5.38 Å². The van der Waals surface area contributed by atoms with Gasteiger partial charge in [-0.15, -0.1) is 11.3 Å². The molecule has 0 aromatic carbocycles. The van der Waals surface area contributed by atoms with E-state index in [1.165, 1.54) is 13.2 Å². The van der Waals surface area contributed by atoms with Crippen molar-refractivity contribution in [2.75, 3.05) is 7.11 Å². The molecule has 5 nitrogen and oxygen atoms in total. The van der Waals surface area contributed by atoms with Crippen molar-refractivity contribution in [1.82, 2.24) is 0 Å². The van der Waals surface area contributed by atoms with Gasteiger partial charge in [-0.1, -0.05) is 16.8 Å². The van der Waals surface area contributed by atoms with Gasteiger partial charge in [0.15, 0.2) is 5.17 Å². The SMILES string of the molecule is CO/N=C(\Cl)c1ccsc1S(N)(=O)=O. The van der Waals surface area contributed by atoms with Gasteiger partial charge < -0.3 is 4.84 Å². The molecule has 0 saturated heterocycles. The van der Waals surface area contributed by atoms with E-state index in [1.807, 2.05) is 0 Å². The first kappa shape index (κ1) is 11.4. The molecule has 2 N–H and O–H groups in total. The van der Waals surface area contributed by atoms with Gasteiger partial charge in [-0.3, -0.25) is 0 Å². The van der Waals surface area contributed by atoms with E-state index in [0.29, 0.717) is 0 Å². The second-order valence-corrected chi connectivity index (χ2v) is 5.26. The monoisotopic (exact) mass is 254 g/mol. The summed E-state index contributed by atoms with van der Waals surface area (Å²) in [5, 5.41) is 9.89. The molecule has 0 spiro atoms. The van der Waals surface area contributed by atoms with Crippen LogP contribution in [0.2, 0.25) is 0 Å². The van der Waals surface area contributed by atoms with Crippen molar-refractivity contribution in [2.45, 2.75) is 4.21 Å². The van der Waals surface area contributed by atoms with Gasteiger partial charge in [-0.05, 0) is 11.4 Å². The first-order chi connectivity index (χ1) is 6.46. The van der Waals surface area contributed by atoms with Crippen molar-refractivity contribution in [3.05, 3.63) is 17.0 Å². The zero-order valence-electron chi connectivity index (χ0n) is 7.10. The van der Waals surface area contributed by atoms with Gasteiger partial charge in [-0.25, -0.2) is 13.6 Å². The number of oxime groups is 1. The van der Waals surface area contributed by atoms with Crippen molar-refractivity contribution in [3.63, 3.8) is 0 Å². The molecule has 1 rings (SSSR count). The Morgan fingerprint density at radius 3 is 2.86 bits per heavy atom. The summed E-state index contributed by atoms with van der Waals surface area (Å²) in [6, 6.07) is 1.51. The van der Waals surface area contributed by atoms with Crippen molar-refractivity contribution < 1.29 is 13.3 Å². The second kappa shape index (κ2) is 4.26. The van der Waals surface area contributed by atoms with E-state index in [2.05, 4.69) is 9.99 Å². The molecule has 0 aliphatic carbocycles. The van der Waals surface area contributed by atoms with Crippen LogP contribution in [0.3, 0.4) is 0 Å². The highest BCUT2D eigenvalue weighted by Gasteiger charge is 2.18. The van der Waals surface area contributed by atoms with Crippen LogP contribution < -0.4 is 5.14 Å². The third-order valence-electron chi connectivity index (χ3n) is 1.28. The maximum Gasteiger partial charge on any atom is 0.248 e. The Hall–Kier alpha value is -0.630. The summed E-state index contributed by atoms with van der Waals surface area (Å²) in [6.45, 7) is 0. The summed E-state index contributed by atoms with van der Waals surface area (Å²) in [4.78, 5) is 4.42. The highest BCUT2D eigenvalue weighted by Crippen LogP contribution is 2.23. The summed E-state index contributed by atoms with van der Waals surface area (Å²) in [5.41, 5.74) is 0.251. The molecule has 14 heavy (non-hydrogen) atoms. The Morgan fingerprint density at radius 1 is 1.71 bits per heavy atom. The number of nitrogens with two attached hydrogens (primary N) is 1. The molecule has 0 aliphatic heterocycles. The first-order valence-electron chi connectivity index (χ1n) is 3.34. The lowest BCUT2D eigenvalue weighted by Gasteiger charge is -1.98. The molecule has 0 radical (unpaired) electrons. The van der Waals surface area contributed by atoms with E-state index in [-0.39, 0.29) is 14.9 Å². The number of hydrogen-bond donors (Lipinski definition) is 1. The van der Waals surface area contributed by atoms with Gasteiger partial charge in [-0.2, -0.15) is 0 Å². The summed E-state index contributed by atoms with van der Waals surface area (Å²) < 4.78 is 22.1.